The molecule has 11 heteroatoms. The van der Waals surface area contributed by atoms with Crippen molar-refractivity contribution >= 4 is 58.5 Å². The van der Waals surface area contributed by atoms with Crippen LogP contribution in [0.1, 0.15) is 24.0 Å². The average molecular weight is 556 g/mol. The maximum Gasteiger partial charge on any atom is 0.263 e. The molecule has 2 fully saturated rings. The second kappa shape index (κ2) is 13.5. The highest BCUT2D eigenvalue weighted by atomic mass is 32.1. The third-order valence-electron chi connectivity index (χ3n) is 5.67. The fourth-order valence-electron chi connectivity index (χ4n) is 3.64. The highest BCUT2D eigenvalue weighted by Gasteiger charge is 2.26. The van der Waals surface area contributed by atoms with E-state index in [2.05, 4.69) is 22.0 Å². The fraction of sp³-hybridized carbons (Fsp3) is 0.259. The Kier molecular flexibility index (Phi) is 10.2. The van der Waals surface area contributed by atoms with Gasteiger partial charge in [0, 0.05) is 36.2 Å². The van der Waals surface area contributed by atoms with Crippen molar-refractivity contribution in [2.45, 2.75) is 12.8 Å². The van der Waals surface area contributed by atoms with Crippen molar-refractivity contribution in [2.24, 2.45) is 0 Å². The minimum absolute atomic E-state index is 0.00107. The first-order valence-corrected chi connectivity index (χ1v) is 12.4. The van der Waals surface area contributed by atoms with Crippen LogP contribution in [0.15, 0.2) is 47.5 Å². The molecule has 2 aromatic rings. The Bertz CT molecular complexity index is 1270. The van der Waals surface area contributed by atoms with Gasteiger partial charge in [0.2, 0.25) is 0 Å². The lowest BCUT2D eigenvalue weighted by atomic mass is 10.0. The van der Waals surface area contributed by atoms with Gasteiger partial charge in [0.05, 0.1) is 33.4 Å². The molecule has 2 aliphatic heterocycles. The number of piperidine rings is 1. The molecule has 2 aliphatic rings. The van der Waals surface area contributed by atoms with Crippen molar-refractivity contribution in [3.8, 4) is 23.0 Å². The Labute approximate surface area is 232 Å². The predicted octanol–water partition coefficient (Wildman–Crippen LogP) is 3.42. The minimum Gasteiger partial charge on any atom is -0.497 e. The normalized spacial score (nSPS) is 15.9. The summed E-state index contributed by atoms with van der Waals surface area (Å²) in [7, 11) is 6.35. The number of hydrogen-bond donors (Lipinski definition) is 3. The molecule has 9 nitrogen and oxygen atoms in total. The van der Waals surface area contributed by atoms with Gasteiger partial charge in [-0.05, 0) is 49.0 Å². The topological polar surface area (TPSA) is 107 Å². The predicted molar refractivity (Wildman–Crippen MR) is 154 cm³/mol. The second-order valence-electron chi connectivity index (χ2n) is 8.09. The molecule has 0 aliphatic carbocycles. The molecule has 2 saturated heterocycles. The molecular weight excluding hydrogens is 526 g/mol. The number of rotatable bonds is 6. The van der Waals surface area contributed by atoms with Gasteiger partial charge in [-0.3, -0.25) is 20.2 Å². The maximum atomic E-state index is 11.7. The van der Waals surface area contributed by atoms with Crippen LogP contribution in [-0.4, -0.2) is 56.9 Å². The van der Waals surface area contributed by atoms with Crippen molar-refractivity contribution in [1.82, 2.24) is 16.0 Å². The third kappa shape index (κ3) is 7.53. The summed E-state index contributed by atoms with van der Waals surface area (Å²) in [5.41, 5.74) is 2.96. The van der Waals surface area contributed by atoms with Gasteiger partial charge in [-0.25, -0.2) is 0 Å². The molecule has 0 radical (unpaired) electrons. The Morgan fingerprint density at radius 3 is 1.71 bits per heavy atom. The van der Waals surface area contributed by atoms with E-state index in [1.807, 2.05) is 18.2 Å². The van der Waals surface area contributed by atoms with Crippen LogP contribution in [0.3, 0.4) is 0 Å². The van der Waals surface area contributed by atoms with Crippen molar-refractivity contribution in [1.29, 1.82) is 0 Å². The quantitative estimate of drug-likeness (QED) is 0.281. The Morgan fingerprint density at radius 1 is 0.737 bits per heavy atom. The summed E-state index contributed by atoms with van der Waals surface area (Å²) in [6, 6.07) is 10.9. The molecule has 3 N–H and O–H groups in total. The van der Waals surface area contributed by atoms with Crippen LogP contribution < -0.4 is 34.9 Å². The van der Waals surface area contributed by atoms with Gasteiger partial charge in [0.25, 0.3) is 11.8 Å². The molecule has 0 unspecified atom stereocenters. The van der Waals surface area contributed by atoms with E-state index in [-0.39, 0.29) is 10.7 Å². The average Bonchev–Trinajstić information content (AvgIpc) is 2.92. The van der Waals surface area contributed by atoms with E-state index >= 15 is 0 Å². The van der Waals surface area contributed by atoms with Crippen LogP contribution in [0.4, 0.5) is 0 Å². The lowest BCUT2D eigenvalue weighted by molar-refractivity contribution is -0.123. The van der Waals surface area contributed by atoms with E-state index in [0.717, 1.165) is 41.4 Å². The molecule has 4 rings (SSSR count). The fourth-order valence-corrected chi connectivity index (χ4v) is 4.00. The van der Waals surface area contributed by atoms with Crippen molar-refractivity contribution in [2.75, 3.05) is 35.0 Å². The monoisotopic (exact) mass is 555 g/mol. The number of amides is 2. The van der Waals surface area contributed by atoms with Crippen LogP contribution >= 0.6 is 24.4 Å². The number of ether oxygens (including phenoxy) is 4. The summed E-state index contributed by atoms with van der Waals surface area (Å²) in [4.78, 5) is 24.5. The van der Waals surface area contributed by atoms with E-state index in [1.54, 1.807) is 32.4 Å². The van der Waals surface area contributed by atoms with Crippen molar-refractivity contribution < 1.29 is 28.5 Å². The molecule has 2 amide bonds. The van der Waals surface area contributed by atoms with Gasteiger partial charge in [-0.15, -0.1) is 0 Å². The molecule has 2 aromatic carbocycles. The molecule has 0 aromatic heterocycles. The zero-order chi connectivity index (χ0) is 27.7. The van der Waals surface area contributed by atoms with Crippen molar-refractivity contribution in [3.05, 3.63) is 58.7 Å². The van der Waals surface area contributed by atoms with Crippen molar-refractivity contribution in [3.63, 3.8) is 0 Å². The van der Waals surface area contributed by atoms with Crippen LogP contribution in [0.25, 0.3) is 12.2 Å². The van der Waals surface area contributed by atoms with Crippen LogP contribution in [-0.2, 0) is 9.59 Å². The molecule has 0 spiro atoms. The Hall–Kier alpha value is -3.96. The Morgan fingerprint density at radius 2 is 1.26 bits per heavy atom. The molecule has 0 bridgehead atoms. The zero-order valence-electron chi connectivity index (χ0n) is 21.5. The van der Waals surface area contributed by atoms with Crippen LogP contribution in [0, 0.1) is 0 Å². The summed E-state index contributed by atoms with van der Waals surface area (Å²) < 4.78 is 20.9. The first-order valence-electron chi connectivity index (χ1n) is 11.6. The lowest BCUT2D eigenvalue weighted by Gasteiger charge is -2.18. The minimum atomic E-state index is -0.545. The highest BCUT2D eigenvalue weighted by molar-refractivity contribution is 7.80. The SMILES string of the molecule is COc1ccc(C=C2C(=O)NC(=S)NC2=O)c(OC)c1.COc1ccc(C=C2CCC(=S)NC2)c(OC)c1. The summed E-state index contributed by atoms with van der Waals surface area (Å²) in [5.74, 6) is 1.65. The first kappa shape index (κ1) is 28.6. The second-order valence-corrected chi connectivity index (χ2v) is 8.99. The Balaban J connectivity index is 0.000000212. The number of hydrogen-bond acceptors (Lipinski definition) is 8. The maximum absolute atomic E-state index is 11.7. The van der Waals surface area contributed by atoms with Gasteiger partial charge in [-0.2, -0.15) is 0 Å². The number of methoxy groups -OCH3 is 4. The smallest absolute Gasteiger partial charge is 0.263 e. The van der Waals surface area contributed by atoms with E-state index in [1.165, 1.54) is 25.9 Å². The third-order valence-corrected chi connectivity index (χ3v) is 6.22. The number of thiocarbonyl (C=S) groups is 2. The first-order chi connectivity index (χ1) is 18.3. The summed E-state index contributed by atoms with van der Waals surface area (Å²) in [5, 5.41) is 7.94. The number of carbonyl (C=O) groups excluding carboxylic acids is 2. The summed E-state index contributed by atoms with van der Waals surface area (Å²) in [6.07, 6.45) is 5.54. The van der Waals surface area contributed by atoms with E-state index in [0.29, 0.717) is 17.1 Å². The van der Waals surface area contributed by atoms with Gasteiger partial charge in [0.1, 0.15) is 28.6 Å². The number of carbonyl (C=O) groups is 2. The van der Waals surface area contributed by atoms with Gasteiger partial charge >= 0.3 is 0 Å². The van der Waals surface area contributed by atoms with E-state index in [9.17, 15) is 9.59 Å². The zero-order valence-corrected chi connectivity index (χ0v) is 23.1. The highest BCUT2D eigenvalue weighted by Crippen LogP contribution is 2.28. The largest absolute Gasteiger partial charge is 0.497 e. The molecule has 38 heavy (non-hydrogen) atoms. The number of nitrogens with one attached hydrogen (secondary N) is 3. The molecule has 200 valence electrons. The lowest BCUT2D eigenvalue weighted by Crippen LogP contribution is -2.51. The molecule has 0 atom stereocenters. The summed E-state index contributed by atoms with van der Waals surface area (Å²) >= 11 is 9.85. The molecular formula is C27H29N3O6S2. The van der Waals surface area contributed by atoms with Gasteiger partial charge < -0.3 is 24.3 Å². The van der Waals surface area contributed by atoms with E-state index in [4.69, 9.17) is 43.4 Å². The molecule has 0 saturated carbocycles. The van der Waals surface area contributed by atoms with Gasteiger partial charge in [-0.1, -0.05) is 23.9 Å². The van der Waals surface area contributed by atoms with Gasteiger partial charge in [0.15, 0.2) is 5.11 Å². The van der Waals surface area contributed by atoms with Crippen LogP contribution in [0.5, 0.6) is 23.0 Å². The molecule has 2 heterocycles. The summed E-state index contributed by atoms with van der Waals surface area (Å²) in [6.45, 7) is 0.827. The standard InChI is InChI=1S/C14H17NO2S.C13H12N2O4S/c1-16-12-5-4-11(13(8-12)17-2)7-10-3-6-14(18)15-9-10;1-18-8-4-3-7(10(6-8)19-2)5-9-11(16)14-13(20)15-12(9)17/h4-5,7-8H,3,6,9H2,1-2H3,(H,15,18);3-6H,1-2H3,(H2,14,15,16,17,20). The number of benzene rings is 2. The van der Waals surface area contributed by atoms with E-state index < -0.39 is 11.8 Å². The van der Waals surface area contributed by atoms with Crippen LogP contribution in [0.2, 0.25) is 0 Å².